The average Bonchev–Trinajstić information content (AvgIpc) is 3.34. The van der Waals surface area contributed by atoms with Gasteiger partial charge in [0, 0.05) is 12.8 Å². The Morgan fingerprint density at radius 3 is 0.794 bits per heavy atom. The van der Waals surface area contributed by atoms with Gasteiger partial charge in [-0.15, -0.1) is 0 Å². The molecule has 0 heterocycles. The molecular formula is C63H122O5. The fourth-order valence-corrected chi connectivity index (χ4v) is 9.85. The van der Waals surface area contributed by atoms with Crippen molar-refractivity contribution in [1.82, 2.24) is 0 Å². The fourth-order valence-electron chi connectivity index (χ4n) is 9.85. The van der Waals surface area contributed by atoms with Crippen LogP contribution in [-0.2, 0) is 19.1 Å². The van der Waals surface area contributed by atoms with E-state index in [1.54, 1.807) is 0 Å². The summed E-state index contributed by atoms with van der Waals surface area (Å²) >= 11 is 0. The molecule has 1 atom stereocenters. The van der Waals surface area contributed by atoms with E-state index in [1.807, 2.05) is 0 Å². The van der Waals surface area contributed by atoms with Crippen molar-refractivity contribution in [3.63, 3.8) is 0 Å². The minimum atomic E-state index is -0.771. The summed E-state index contributed by atoms with van der Waals surface area (Å²) in [6, 6.07) is 0. The number of hydrogen-bond acceptors (Lipinski definition) is 5. The smallest absolute Gasteiger partial charge is 0.306 e. The molecule has 0 amide bonds. The Bertz CT molecular complexity index is 994. The van der Waals surface area contributed by atoms with E-state index in [0.29, 0.717) is 12.8 Å². The second-order valence-corrected chi connectivity index (χ2v) is 21.5. The van der Waals surface area contributed by atoms with E-state index < -0.39 is 6.10 Å². The summed E-state index contributed by atoms with van der Waals surface area (Å²) in [6.45, 7) is 4.18. The highest BCUT2D eigenvalue weighted by Crippen LogP contribution is 2.19. The highest BCUT2D eigenvalue weighted by atomic mass is 16.6. The molecule has 0 fully saturated rings. The molecule has 404 valence electrons. The minimum Gasteiger partial charge on any atom is -0.462 e. The van der Waals surface area contributed by atoms with Gasteiger partial charge in [-0.25, -0.2) is 0 Å². The van der Waals surface area contributed by atoms with E-state index in [9.17, 15) is 14.7 Å². The van der Waals surface area contributed by atoms with Gasteiger partial charge >= 0.3 is 11.9 Å². The molecule has 0 aliphatic carbocycles. The van der Waals surface area contributed by atoms with Crippen LogP contribution in [0.1, 0.15) is 361 Å². The van der Waals surface area contributed by atoms with Crippen molar-refractivity contribution in [3.8, 4) is 0 Å². The molecule has 1 N–H and O–H groups in total. The quantitative estimate of drug-likeness (QED) is 0.0374. The lowest BCUT2D eigenvalue weighted by Crippen LogP contribution is -2.28. The molecule has 0 saturated carbocycles. The van der Waals surface area contributed by atoms with Crippen LogP contribution in [0.5, 0.6) is 0 Å². The van der Waals surface area contributed by atoms with Gasteiger partial charge in [0.15, 0.2) is 6.10 Å². The van der Waals surface area contributed by atoms with Crippen LogP contribution in [0.2, 0.25) is 0 Å². The molecular weight excluding hydrogens is 837 g/mol. The first kappa shape index (κ1) is 66.6. The first-order valence-corrected chi connectivity index (χ1v) is 31.2. The zero-order valence-corrected chi connectivity index (χ0v) is 46.4. The first-order valence-electron chi connectivity index (χ1n) is 31.2. The van der Waals surface area contributed by atoms with E-state index in [0.717, 1.165) is 38.5 Å². The van der Waals surface area contributed by atoms with Crippen molar-refractivity contribution in [2.24, 2.45) is 0 Å². The van der Waals surface area contributed by atoms with E-state index >= 15 is 0 Å². The Hall–Kier alpha value is -1.36. The molecule has 0 saturated heterocycles. The van der Waals surface area contributed by atoms with Crippen molar-refractivity contribution in [2.45, 2.75) is 367 Å². The van der Waals surface area contributed by atoms with Gasteiger partial charge in [0.2, 0.25) is 0 Å². The van der Waals surface area contributed by atoms with Gasteiger partial charge in [-0.2, -0.15) is 0 Å². The Morgan fingerprint density at radius 1 is 0.324 bits per heavy atom. The second-order valence-electron chi connectivity index (χ2n) is 21.5. The topological polar surface area (TPSA) is 72.8 Å². The third-order valence-corrected chi connectivity index (χ3v) is 14.6. The van der Waals surface area contributed by atoms with Crippen LogP contribution in [0.3, 0.4) is 0 Å². The van der Waals surface area contributed by atoms with Crippen LogP contribution >= 0.6 is 0 Å². The predicted octanol–water partition coefficient (Wildman–Crippen LogP) is 21.1. The molecule has 68 heavy (non-hydrogen) atoms. The average molecular weight is 960 g/mol. The summed E-state index contributed by atoms with van der Waals surface area (Å²) in [6.07, 6.45) is 75.2. The number of aliphatic hydroxyl groups excluding tert-OH is 1. The maximum Gasteiger partial charge on any atom is 0.306 e. The highest BCUT2D eigenvalue weighted by Gasteiger charge is 2.16. The van der Waals surface area contributed by atoms with Gasteiger partial charge in [0.25, 0.3) is 0 Å². The highest BCUT2D eigenvalue weighted by molar-refractivity contribution is 5.70. The van der Waals surface area contributed by atoms with E-state index in [1.165, 1.54) is 295 Å². The summed E-state index contributed by atoms with van der Waals surface area (Å²) in [5, 5.41) is 9.64. The maximum absolute atomic E-state index is 12.3. The van der Waals surface area contributed by atoms with E-state index in [2.05, 4.69) is 26.0 Å². The van der Waals surface area contributed by atoms with Crippen molar-refractivity contribution in [3.05, 3.63) is 12.2 Å². The lowest BCUT2D eigenvalue weighted by Gasteiger charge is -2.15. The molecule has 0 aromatic heterocycles. The zero-order chi connectivity index (χ0) is 49.2. The van der Waals surface area contributed by atoms with Gasteiger partial charge in [-0.05, 0) is 38.5 Å². The number of hydrogen-bond donors (Lipinski definition) is 1. The van der Waals surface area contributed by atoms with Crippen molar-refractivity contribution >= 4 is 11.9 Å². The van der Waals surface area contributed by atoms with Gasteiger partial charge in [-0.1, -0.05) is 321 Å². The minimum absolute atomic E-state index is 0.0622. The zero-order valence-electron chi connectivity index (χ0n) is 46.4. The van der Waals surface area contributed by atoms with Crippen molar-refractivity contribution in [1.29, 1.82) is 0 Å². The number of esters is 2. The predicted molar refractivity (Wildman–Crippen MR) is 298 cm³/mol. The van der Waals surface area contributed by atoms with Crippen LogP contribution in [-0.4, -0.2) is 36.4 Å². The third-order valence-electron chi connectivity index (χ3n) is 14.6. The van der Waals surface area contributed by atoms with Gasteiger partial charge in [-0.3, -0.25) is 9.59 Å². The van der Waals surface area contributed by atoms with Crippen LogP contribution < -0.4 is 0 Å². The van der Waals surface area contributed by atoms with Crippen LogP contribution in [0.15, 0.2) is 12.2 Å². The lowest BCUT2D eigenvalue weighted by molar-refractivity contribution is -0.161. The molecule has 0 spiro atoms. The molecule has 5 heteroatoms. The SMILES string of the molecule is CCCCCCCCC/C=C\CCCCCCCC(=O)OC(CO)COC(=O)CCCCCCCCCCCCCCCCCCCCCCCCCCCCCCCCCCCCCCCC. The number of carbonyl (C=O) groups excluding carboxylic acids is 2. The number of carbonyl (C=O) groups is 2. The van der Waals surface area contributed by atoms with Crippen LogP contribution in [0.25, 0.3) is 0 Å². The number of rotatable bonds is 59. The van der Waals surface area contributed by atoms with Crippen LogP contribution in [0, 0.1) is 0 Å². The second kappa shape index (κ2) is 59.9. The standard InChI is InChI=1S/C63H122O5/c1-3-5-7-9-11-13-15-17-19-21-22-23-24-25-26-27-28-29-30-31-32-33-34-35-36-37-38-39-40-41-42-44-45-47-49-51-53-55-57-62(65)67-60-61(59-64)68-63(66)58-56-54-52-50-48-46-43-20-18-16-14-12-10-8-6-4-2/h20,43,61,64H,3-19,21-42,44-60H2,1-2H3/b43-20-. The molecule has 0 radical (unpaired) electrons. The molecule has 1 unspecified atom stereocenters. The van der Waals surface area contributed by atoms with E-state index in [4.69, 9.17) is 9.47 Å². The number of ether oxygens (including phenoxy) is 2. The van der Waals surface area contributed by atoms with Crippen LogP contribution in [0.4, 0.5) is 0 Å². The number of allylic oxidation sites excluding steroid dienone is 2. The van der Waals surface area contributed by atoms with E-state index in [-0.39, 0.29) is 25.2 Å². The summed E-state index contributed by atoms with van der Waals surface area (Å²) in [5.74, 6) is -0.580. The molecule has 0 aromatic rings. The van der Waals surface area contributed by atoms with Crippen molar-refractivity contribution < 1.29 is 24.2 Å². The lowest BCUT2D eigenvalue weighted by atomic mass is 10.0. The molecule has 0 aliphatic rings. The summed E-state index contributed by atoms with van der Waals surface area (Å²) in [4.78, 5) is 24.5. The molecule has 0 bridgehead atoms. The third kappa shape index (κ3) is 57.2. The Balaban J connectivity index is 3.34. The number of aliphatic hydroxyl groups is 1. The number of unbranched alkanes of at least 4 members (excludes halogenated alkanes) is 49. The Kier molecular flexibility index (Phi) is 58.7. The fraction of sp³-hybridized carbons (Fsp3) is 0.937. The normalized spacial score (nSPS) is 12.1. The summed E-state index contributed by atoms with van der Waals surface area (Å²) < 4.78 is 10.7. The van der Waals surface area contributed by atoms with Gasteiger partial charge < -0.3 is 14.6 Å². The first-order chi connectivity index (χ1) is 33.6. The molecule has 0 aromatic carbocycles. The Labute approximate surface area is 426 Å². The van der Waals surface area contributed by atoms with Gasteiger partial charge in [0.05, 0.1) is 6.61 Å². The summed E-state index contributed by atoms with van der Waals surface area (Å²) in [7, 11) is 0. The maximum atomic E-state index is 12.3. The largest absolute Gasteiger partial charge is 0.462 e. The molecule has 5 nitrogen and oxygen atoms in total. The monoisotopic (exact) mass is 959 g/mol. The molecule has 0 rings (SSSR count). The molecule has 0 aliphatic heterocycles. The van der Waals surface area contributed by atoms with Crippen molar-refractivity contribution in [2.75, 3.05) is 13.2 Å². The van der Waals surface area contributed by atoms with Gasteiger partial charge in [0.1, 0.15) is 6.61 Å². The summed E-state index contributed by atoms with van der Waals surface area (Å²) in [5.41, 5.74) is 0. The Morgan fingerprint density at radius 2 is 0.544 bits per heavy atom.